The summed E-state index contributed by atoms with van der Waals surface area (Å²) in [6.07, 6.45) is 71.2. The van der Waals surface area contributed by atoms with E-state index in [2.05, 4.69) is 112 Å². The highest BCUT2D eigenvalue weighted by molar-refractivity contribution is 5.71. The third-order valence-electron chi connectivity index (χ3n) is 11.3. The van der Waals surface area contributed by atoms with Crippen molar-refractivity contribution in [3.63, 3.8) is 0 Å². The number of carbonyl (C=O) groups is 3. The second-order valence-corrected chi connectivity index (χ2v) is 17.7. The molecule has 0 aromatic rings. The molecular formula is C60H100O6. The molecule has 0 bridgehead atoms. The summed E-state index contributed by atoms with van der Waals surface area (Å²) in [6, 6.07) is 0. The SMILES string of the molecule is CC/C=C\C/C=C\C/C=C\CCCCCCCCCCCC(=O)OCC(COC(=O)CC/C=C\C/C=C\CCCCCCCC)OC(=O)CCCCCCCC/C=C\C/C=C\C/C=C\CC. The molecule has 0 rings (SSSR count). The summed E-state index contributed by atoms with van der Waals surface area (Å²) in [7, 11) is 0. The lowest BCUT2D eigenvalue weighted by atomic mass is 10.1. The highest BCUT2D eigenvalue weighted by Crippen LogP contribution is 2.14. The first-order valence-corrected chi connectivity index (χ1v) is 27.2. The number of ether oxygens (including phenoxy) is 3. The Labute approximate surface area is 407 Å². The van der Waals surface area contributed by atoms with Gasteiger partial charge in [0.2, 0.25) is 0 Å². The number of unbranched alkanes of at least 4 members (excludes halogenated alkanes) is 21. The van der Waals surface area contributed by atoms with Crippen LogP contribution in [0, 0.1) is 0 Å². The van der Waals surface area contributed by atoms with E-state index in [1.165, 1.54) is 96.3 Å². The van der Waals surface area contributed by atoms with Gasteiger partial charge in [0.25, 0.3) is 0 Å². The molecule has 0 heterocycles. The Morgan fingerprint density at radius 1 is 0.318 bits per heavy atom. The van der Waals surface area contributed by atoms with Gasteiger partial charge in [-0.3, -0.25) is 14.4 Å². The molecule has 0 fully saturated rings. The molecule has 0 aliphatic rings. The summed E-state index contributed by atoms with van der Waals surface area (Å²) in [5.74, 6) is -0.993. The van der Waals surface area contributed by atoms with E-state index < -0.39 is 6.10 Å². The third-order valence-corrected chi connectivity index (χ3v) is 11.3. The topological polar surface area (TPSA) is 78.9 Å². The Balaban J connectivity index is 4.45. The van der Waals surface area contributed by atoms with Crippen LogP contribution in [-0.4, -0.2) is 37.2 Å². The maximum atomic E-state index is 12.8. The number of hydrogen-bond donors (Lipinski definition) is 0. The Morgan fingerprint density at radius 3 is 1.02 bits per heavy atom. The van der Waals surface area contributed by atoms with Crippen LogP contribution >= 0.6 is 0 Å². The van der Waals surface area contributed by atoms with Crippen LogP contribution in [0.2, 0.25) is 0 Å². The largest absolute Gasteiger partial charge is 0.462 e. The van der Waals surface area contributed by atoms with E-state index in [1.54, 1.807) is 0 Å². The minimum absolute atomic E-state index is 0.104. The van der Waals surface area contributed by atoms with E-state index in [0.717, 1.165) is 103 Å². The van der Waals surface area contributed by atoms with Gasteiger partial charge in [0, 0.05) is 19.3 Å². The van der Waals surface area contributed by atoms with Crippen LogP contribution in [0.15, 0.2) is 97.2 Å². The average Bonchev–Trinajstić information content (AvgIpc) is 3.31. The molecule has 0 saturated carbocycles. The minimum Gasteiger partial charge on any atom is -0.462 e. The predicted molar refractivity (Wildman–Crippen MR) is 284 cm³/mol. The molecule has 0 aromatic heterocycles. The van der Waals surface area contributed by atoms with Crippen molar-refractivity contribution in [3.8, 4) is 0 Å². The molecule has 0 saturated heterocycles. The van der Waals surface area contributed by atoms with Crippen LogP contribution in [0.25, 0.3) is 0 Å². The zero-order valence-corrected chi connectivity index (χ0v) is 42.9. The molecule has 0 aliphatic carbocycles. The van der Waals surface area contributed by atoms with Gasteiger partial charge in [-0.05, 0) is 103 Å². The van der Waals surface area contributed by atoms with E-state index in [1.807, 2.05) is 6.08 Å². The van der Waals surface area contributed by atoms with E-state index in [4.69, 9.17) is 14.2 Å². The standard InChI is InChI=1S/C60H100O6/c1-4-7-10-13-16-19-22-25-27-29-30-31-33-35-38-41-44-47-50-53-59(62)65-56-57(55-64-58(61)52-49-46-43-40-37-34-24-21-18-15-12-9-6-3)66-60(63)54-51-48-45-42-39-36-32-28-26-23-20-17-14-11-8-5-2/h7-8,10-11,16-17,19-20,25-28,34,37,43,46,57H,4-6,9,12-15,18,21-24,29-33,35-36,38-42,44-45,47-56H2,1-3H3/b10-7-,11-8-,19-16-,20-17-,27-25-,28-26-,37-34-,46-43-. The van der Waals surface area contributed by atoms with Crippen molar-refractivity contribution >= 4 is 17.9 Å². The normalized spacial score (nSPS) is 12.8. The number of carbonyl (C=O) groups excluding carboxylic acids is 3. The van der Waals surface area contributed by atoms with Gasteiger partial charge in [-0.25, -0.2) is 0 Å². The molecule has 6 heteroatoms. The van der Waals surface area contributed by atoms with Crippen LogP contribution in [-0.2, 0) is 28.6 Å². The molecule has 0 radical (unpaired) electrons. The molecule has 1 atom stereocenters. The highest BCUT2D eigenvalue weighted by Gasteiger charge is 2.19. The monoisotopic (exact) mass is 917 g/mol. The number of hydrogen-bond acceptors (Lipinski definition) is 6. The quantitative estimate of drug-likeness (QED) is 0.0262. The molecule has 66 heavy (non-hydrogen) atoms. The Morgan fingerprint density at radius 2 is 0.621 bits per heavy atom. The fraction of sp³-hybridized carbons (Fsp3) is 0.683. The minimum atomic E-state index is -0.810. The van der Waals surface area contributed by atoms with Crippen molar-refractivity contribution in [2.45, 2.75) is 252 Å². The Bertz CT molecular complexity index is 1330. The van der Waals surface area contributed by atoms with Gasteiger partial charge in [0.05, 0.1) is 0 Å². The van der Waals surface area contributed by atoms with Crippen LogP contribution in [0.5, 0.6) is 0 Å². The molecule has 6 nitrogen and oxygen atoms in total. The lowest BCUT2D eigenvalue weighted by molar-refractivity contribution is -0.166. The molecule has 0 spiro atoms. The van der Waals surface area contributed by atoms with E-state index >= 15 is 0 Å². The van der Waals surface area contributed by atoms with Gasteiger partial charge in [-0.1, -0.05) is 221 Å². The van der Waals surface area contributed by atoms with Crippen LogP contribution in [0.4, 0.5) is 0 Å². The van der Waals surface area contributed by atoms with E-state index in [-0.39, 0.29) is 37.5 Å². The van der Waals surface area contributed by atoms with Gasteiger partial charge in [-0.15, -0.1) is 0 Å². The smallest absolute Gasteiger partial charge is 0.306 e. The first kappa shape index (κ1) is 62.3. The van der Waals surface area contributed by atoms with Crippen molar-refractivity contribution in [2.24, 2.45) is 0 Å². The lowest BCUT2D eigenvalue weighted by Crippen LogP contribution is -2.30. The van der Waals surface area contributed by atoms with Crippen molar-refractivity contribution in [1.82, 2.24) is 0 Å². The molecular weight excluding hydrogens is 817 g/mol. The van der Waals surface area contributed by atoms with Crippen LogP contribution in [0.3, 0.4) is 0 Å². The van der Waals surface area contributed by atoms with Gasteiger partial charge in [0.15, 0.2) is 6.10 Å². The van der Waals surface area contributed by atoms with Gasteiger partial charge in [-0.2, -0.15) is 0 Å². The highest BCUT2D eigenvalue weighted by atomic mass is 16.6. The number of esters is 3. The summed E-state index contributed by atoms with van der Waals surface area (Å²) in [6.45, 7) is 6.34. The maximum absolute atomic E-state index is 12.8. The van der Waals surface area contributed by atoms with E-state index in [0.29, 0.717) is 19.3 Å². The second kappa shape index (κ2) is 53.9. The Kier molecular flexibility index (Phi) is 50.9. The predicted octanol–water partition coefficient (Wildman–Crippen LogP) is 18.1. The first-order valence-electron chi connectivity index (χ1n) is 27.2. The molecule has 376 valence electrons. The fourth-order valence-electron chi connectivity index (χ4n) is 7.29. The maximum Gasteiger partial charge on any atom is 0.306 e. The first-order chi connectivity index (χ1) is 32.5. The zero-order chi connectivity index (χ0) is 47.9. The summed E-state index contributed by atoms with van der Waals surface area (Å²) < 4.78 is 16.8. The van der Waals surface area contributed by atoms with Crippen LogP contribution in [0.1, 0.15) is 245 Å². The van der Waals surface area contributed by atoms with Crippen molar-refractivity contribution in [1.29, 1.82) is 0 Å². The molecule has 0 amide bonds. The fourth-order valence-corrected chi connectivity index (χ4v) is 7.29. The summed E-state index contributed by atoms with van der Waals surface area (Å²) in [5.41, 5.74) is 0. The molecule has 0 N–H and O–H groups in total. The van der Waals surface area contributed by atoms with Crippen molar-refractivity contribution < 1.29 is 28.6 Å². The second-order valence-electron chi connectivity index (χ2n) is 17.7. The van der Waals surface area contributed by atoms with Crippen LogP contribution < -0.4 is 0 Å². The summed E-state index contributed by atoms with van der Waals surface area (Å²) >= 11 is 0. The molecule has 0 aliphatic heterocycles. The van der Waals surface area contributed by atoms with Gasteiger partial charge < -0.3 is 14.2 Å². The number of allylic oxidation sites excluding steroid dienone is 16. The van der Waals surface area contributed by atoms with Crippen molar-refractivity contribution in [2.75, 3.05) is 13.2 Å². The number of rotatable bonds is 48. The van der Waals surface area contributed by atoms with Crippen molar-refractivity contribution in [3.05, 3.63) is 97.2 Å². The Hall–Kier alpha value is -3.67. The zero-order valence-electron chi connectivity index (χ0n) is 42.9. The average molecular weight is 917 g/mol. The molecule has 1 unspecified atom stereocenters. The third kappa shape index (κ3) is 51.3. The summed E-state index contributed by atoms with van der Waals surface area (Å²) in [4.78, 5) is 38.0. The van der Waals surface area contributed by atoms with Gasteiger partial charge >= 0.3 is 17.9 Å². The van der Waals surface area contributed by atoms with E-state index in [9.17, 15) is 14.4 Å². The molecule has 0 aromatic carbocycles. The van der Waals surface area contributed by atoms with Gasteiger partial charge in [0.1, 0.15) is 13.2 Å². The lowest BCUT2D eigenvalue weighted by Gasteiger charge is -2.18. The summed E-state index contributed by atoms with van der Waals surface area (Å²) in [5, 5.41) is 0.